The molecule has 1 N–H and O–H groups in total. The van der Waals surface area contributed by atoms with Gasteiger partial charge >= 0.3 is 5.97 Å². The van der Waals surface area contributed by atoms with E-state index in [0.717, 1.165) is 4.90 Å². The number of hydrogen-bond acceptors (Lipinski definition) is 3. The van der Waals surface area contributed by atoms with Crippen LogP contribution in [0.25, 0.3) is 11.0 Å². The SMILES string of the molecule is Cc1cc(F)cc2c(SC(C)C)c(CC(=O)O)oc12. The molecule has 2 rings (SSSR count). The van der Waals surface area contributed by atoms with Gasteiger partial charge in [-0.15, -0.1) is 11.8 Å². The van der Waals surface area contributed by atoms with Crippen molar-refractivity contribution in [1.82, 2.24) is 0 Å². The molecule has 1 aromatic carbocycles. The maximum Gasteiger partial charge on any atom is 0.311 e. The van der Waals surface area contributed by atoms with Gasteiger partial charge in [-0.3, -0.25) is 4.79 Å². The fourth-order valence-electron chi connectivity index (χ4n) is 1.97. The van der Waals surface area contributed by atoms with Crippen molar-refractivity contribution < 1.29 is 18.7 Å². The fraction of sp³-hybridized carbons (Fsp3) is 0.357. The minimum Gasteiger partial charge on any atom is -0.481 e. The van der Waals surface area contributed by atoms with Gasteiger partial charge in [-0.1, -0.05) is 13.8 Å². The lowest BCUT2D eigenvalue weighted by molar-refractivity contribution is -0.136. The third-order valence-electron chi connectivity index (χ3n) is 2.63. The Labute approximate surface area is 114 Å². The number of carbonyl (C=O) groups is 1. The van der Waals surface area contributed by atoms with E-state index in [1.54, 1.807) is 6.92 Å². The Bertz CT molecular complexity index is 631. The molecule has 3 nitrogen and oxygen atoms in total. The predicted molar refractivity (Wildman–Crippen MR) is 73.2 cm³/mol. The van der Waals surface area contributed by atoms with Gasteiger partial charge in [0.05, 0.1) is 4.90 Å². The molecule has 5 heteroatoms. The van der Waals surface area contributed by atoms with Gasteiger partial charge in [0, 0.05) is 10.6 Å². The Morgan fingerprint density at radius 3 is 2.74 bits per heavy atom. The van der Waals surface area contributed by atoms with E-state index in [-0.39, 0.29) is 17.5 Å². The van der Waals surface area contributed by atoms with Crippen LogP contribution in [0.5, 0.6) is 0 Å². The second-order valence-corrected chi connectivity index (χ2v) is 6.28. The van der Waals surface area contributed by atoms with Gasteiger partial charge in [-0.25, -0.2) is 4.39 Å². The molecule has 1 aromatic heterocycles. The molecule has 0 saturated carbocycles. The van der Waals surface area contributed by atoms with E-state index < -0.39 is 5.97 Å². The van der Waals surface area contributed by atoms with Crippen LogP contribution in [0.2, 0.25) is 0 Å². The minimum absolute atomic E-state index is 0.190. The second kappa shape index (κ2) is 5.25. The van der Waals surface area contributed by atoms with E-state index in [2.05, 4.69) is 0 Å². The number of aryl methyl sites for hydroxylation is 1. The Hall–Kier alpha value is -1.49. The molecule has 0 aliphatic carbocycles. The van der Waals surface area contributed by atoms with Crippen molar-refractivity contribution >= 4 is 28.7 Å². The molecule has 0 fully saturated rings. The summed E-state index contributed by atoms with van der Waals surface area (Å²) in [5, 5.41) is 9.85. The van der Waals surface area contributed by atoms with E-state index in [1.165, 1.54) is 23.9 Å². The molecule has 0 aliphatic rings. The van der Waals surface area contributed by atoms with E-state index >= 15 is 0 Å². The first-order valence-corrected chi connectivity index (χ1v) is 6.86. The van der Waals surface area contributed by atoms with Crippen molar-refractivity contribution in [3.05, 3.63) is 29.3 Å². The molecule has 102 valence electrons. The van der Waals surface area contributed by atoms with Crippen molar-refractivity contribution in [1.29, 1.82) is 0 Å². The number of benzene rings is 1. The van der Waals surface area contributed by atoms with Crippen LogP contribution in [0, 0.1) is 12.7 Å². The van der Waals surface area contributed by atoms with Crippen molar-refractivity contribution in [3.63, 3.8) is 0 Å². The summed E-state index contributed by atoms with van der Waals surface area (Å²) in [5.41, 5.74) is 1.25. The zero-order valence-corrected chi connectivity index (χ0v) is 11.8. The second-order valence-electron chi connectivity index (χ2n) is 4.69. The predicted octanol–water partition coefficient (Wildman–Crippen LogP) is 4.01. The molecule has 0 aliphatic heterocycles. The maximum atomic E-state index is 13.5. The van der Waals surface area contributed by atoms with Gasteiger partial charge in [0.2, 0.25) is 0 Å². The van der Waals surface area contributed by atoms with Crippen molar-refractivity contribution in [2.24, 2.45) is 0 Å². The van der Waals surface area contributed by atoms with Crippen LogP contribution in [-0.4, -0.2) is 16.3 Å². The highest BCUT2D eigenvalue weighted by Gasteiger charge is 2.20. The highest BCUT2D eigenvalue weighted by atomic mass is 32.2. The smallest absolute Gasteiger partial charge is 0.311 e. The van der Waals surface area contributed by atoms with E-state index in [4.69, 9.17) is 9.52 Å². The summed E-state index contributed by atoms with van der Waals surface area (Å²) in [6, 6.07) is 2.79. The molecule has 1 heterocycles. The van der Waals surface area contributed by atoms with Crippen molar-refractivity contribution in [2.75, 3.05) is 0 Å². The molecule has 0 saturated heterocycles. The Kier molecular flexibility index (Phi) is 3.85. The van der Waals surface area contributed by atoms with Crippen LogP contribution in [0.3, 0.4) is 0 Å². The van der Waals surface area contributed by atoms with Crippen LogP contribution in [0.15, 0.2) is 21.4 Å². The number of aliphatic carboxylic acids is 1. The summed E-state index contributed by atoms with van der Waals surface area (Å²) in [7, 11) is 0. The highest BCUT2D eigenvalue weighted by Crippen LogP contribution is 2.38. The molecule has 19 heavy (non-hydrogen) atoms. The van der Waals surface area contributed by atoms with Crippen LogP contribution < -0.4 is 0 Å². The number of halogens is 1. The first-order valence-electron chi connectivity index (χ1n) is 5.98. The molecular weight excluding hydrogens is 267 g/mol. The van der Waals surface area contributed by atoms with Crippen LogP contribution in [0.4, 0.5) is 4.39 Å². The summed E-state index contributed by atoms with van der Waals surface area (Å²) in [4.78, 5) is 11.6. The number of carboxylic acid groups (broad SMARTS) is 1. The molecule has 0 spiro atoms. The fourth-order valence-corrected chi connectivity index (χ4v) is 2.97. The zero-order chi connectivity index (χ0) is 14.2. The summed E-state index contributed by atoms with van der Waals surface area (Å²) >= 11 is 1.50. The quantitative estimate of drug-likeness (QED) is 0.861. The van der Waals surface area contributed by atoms with Crippen LogP contribution in [-0.2, 0) is 11.2 Å². The van der Waals surface area contributed by atoms with Gasteiger partial charge in [0.25, 0.3) is 0 Å². The first-order chi connectivity index (χ1) is 8.88. The molecule has 0 amide bonds. The number of furan rings is 1. The number of rotatable bonds is 4. The monoisotopic (exact) mass is 282 g/mol. The average Bonchev–Trinajstić information content (AvgIpc) is 2.56. The van der Waals surface area contributed by atoms with E-state index in [9.17, 15) is 9.18 Å². The van der Waals surface area contributed by atoms with Gasteiger partial charge in [0.15, 0.2) is 0 Å². The highest BCUT2D eigenvalue weighted by molar-refractivity contribution is 8.00. The normalized spacial score (nSPS) is 11.4. The van der Waals surface area contributed by atoms with Crippen LogP contribution >= 0.6 is 11.8 Å². The summed E-state index contributed by atoms with van der Waals surface area (Å²) in [6.45, 7) is 5.75. The molecule has 0 unspecified atom stereocenters. The standard InChI is InChI=1S/C14H15FO3S/c1-7(2)19-14-10-5-9(15)4-8(3)13(10)18-11(14)6-12(16)17/h4-5,7H,6H2,1-3H3,(H,16,17). The molecule has 0 radical (unpaired) electrons. The number of carboxylic acids is 1. The maximum absolute atomic E-state index is 13.5. The summed E-state index contributed by atoms with van der Waals surface area (Å²) < 4.78 is 19.1. The van der Waals surface area contributed by atoms with Crippen molar-refractivity contribution in [2.45, 2.75) is 37.3 Å². The van der Waals surface area contributed by atoms with Crippen molar-refractivity contribution in [3.8, 4) is 0 Å². The lowest BCUT2D eigenvalue weighted by Gasteiger charge is -2.04. The van der Waals surface area contributed by atoms with Gasteiger partial charge in [0.1, 0.15) is 23.6 Å². The van der Waals surface area contributed by atoms with E-state index in [0.29, 0.717) is 22.3 Å². The van der Waals surface area contributed by atoms with Gasteiger partial charge in [-0.2, -0.15) is 0 Å². The number of thioether (sulfide) groups is 1. The number of hydrogen-bond donors (Lipinski definition) is 1. The Balaban J connectivity index is 2.66. The Morgan fingerprint density at radius 2 is 2.16 bits per heavy atom. The Morgan fingerprint density at radius 1 is 1.47 bits per heavy atom. The summed E-state index contributed by atoms with van der Waals surface area (Å²) in [6.07, 6.45) is -0.190. The van der Waals surface area contributed by atoms with Gasteiger partial charge in [-0.05, 0) is 24.6 Å². The zero-order valence-electron chi connectivity index (χ0n) is 11.0. The lowest BCUT2D eigenvalue weighted by atomic mass is 10.1. The molecule has 0 bridgehead atoms. The third kappa shape index (κ3) is 2.92. The average molecular weight is 282 g/mol. The number of fused-ring (bicyclic) bond motifs is 1. The minimum atomic E-state index is -0.956. The first kappa shape index (κ1) is 13.9. The molecule has 2 aromatic rings. The topological polar surface area (TPSA) is 50.4 Å². The van der Waals surface area contributed by atoms with Gasteiger partial charge < -0.3 is 9.52 Å². The molecular formula is C14H15FO3S. The summed E-state index contributed by atoms with van der Waals surface area (Å²) in [5.74, 6) is -0.893. The largest absolute Gasteiger partial charge is 0.481 e. The lowest BCUT2D eigenvalue weighted by Crippen LogP contribution is -2.00. The van der Waals surface area contributed by atoms with E-state index in [1.807, 2.05) is 13.8 Å². The molecule has 0 atom stereocenters. The third-order valence-corrected chi connectivity index (χ3v) is 3.78. The van der Waals surface area contributed by atoms with Crippen LogP contribution in [0.1, 0.15) is 25.2 Å².